The largest absolute Gasteiger partial charge is 0.507 e. The fourth-order valence-electron chi connectivity index (χ4n) is 3.93. The lowest BCUT2D eigenvalue weighted by Crippen LogP contribution is -1.87. The maximum Gasteiger partial charge on any atom is 0.131 e. The molecule has 0 saturated heterocycles. The lowest BCUT2D eigenvalue weighted by molar-refractivity contribution is 0.465. The second-order valence-electron chi connectivity index (χ2n) is 8.35. The molecule has 2 aromatic carbocycles. The molecule has 0 aliphatic carbocycles. The highest BCUT2D eigenvalue weighted by Gasteiger charge is 2.13. The monoisotopic (exact) mass is 408 g/mol. The van der Waals surface area contributed by atoms with Crippen molar-refractivity contribution >= 4 is 16.8 Å². The minimum absolute atomic E-state index is 0.257. The van der Waals surface area contributed by atoms with Crippen molar-refractivity contribution in [3.8, 4) is 11.5 Å². The van der Waals surface area contributed by atoms with Crippen molar-refractivity contribution in [2.45, 2.75) is 90.9 Å². The zero-order valence-electron chi connectivity index (χ0n) is 19.0. The van der Waals surface area contributed by atoms with Crippen LogP contribution in [0.4, 0.5) is 0 Å². The Labute approximate surface area is 183 Å². The summed E-state index contributed by atoms with van der Waals surface area (Å²) in [5.74, 6) is 0.517. The average Bonchev–Trinajstić information content (AvgIpc) is 2.77. The first-order valence-corrected chi connectivity index (χ1v) is 11.9. The van der Waals surface area contributed by atoms with E-state index in [1.165, 1.54) is 64.2 Å². The number of phenolic OH excluding ortho intramolecular Hbond substituents is 2. The van der Waals surface area contributed by atoms with Crippen LogP contribution in [0.1, 0.15) is 95.1 Å². The normalized spacial score (nSPS) is 11.9. The van der Waals surface area contributed by atoms with Gasteiger partial charge in [0.05, 0.1) is 0 Å². The Bertz CT molecular complexity index is 817. The second kappa shape index (κ2) is 13.9. The highest BCUT2D eigenvalue weighted by molar-refractivity contribution is 5.97. The zero-order valence-corrected chi connectivity index (χ0v) is 19.0. The van der Waals surface area contributed by atoms with Crippen LogP contribution in [-0.2, 0) is 0 Å². The van der Waals surface area contributed by atoms with E-state index in [0.29, 0.717) is 10.8 Å². The molecule has 0 amide bonds. The van der Waals surface area contributed by atoms with Gasteiger partial charge in [0.2, 0.25) is 0 Å². The predicted molar refractivity (Wildman–Crippen MR) is 131 cm³/mol. The first kappa shape index (κ1) is 24.1. The summed E-state index contributed by atoms with van der Waals surface area (Å²) < 4.78 is 0. The molecule has 0 unspecified atom stereocenters. The van der Waals surface area contributed by atoms with Gasteiger partial charge in [-0.2, -0.15) is 0 Å². The molecule has 2 rings (SSSR count). The van der Waals surface area contributed by atoms with Crippen LogP contribution in [0.25, 0.3) is 16.8 Å². The van der Waals surface area contributed by atoms with Gasteiger partial charge in [-0.25, -0.2) is 0 Å². The summed E-state index contributed by atoms with van der Waals surface area (Å²) in [6.07, 6.45) is 24.0. The van der Waals surface area contributed by atoms with E-state index in [2.05, 4.69) is 25.2 Å². The molecule has 0 spiro atoms. The molecule has 0 aromatic heterocycles. The molecule has 30 heavy (non-hydrogen) atoms. The van der Waals surface area contributed by atoms with E-state index in [-0.39, 0.29) is 11.5 Å². The summed E-state index contributed by atoms with van der Waals surface area (Å²) in [6, 6.07) is 7.45. The van der Waals surface area contributed by atoms with E-state index < -0.39 is 0 Å². The molecule has 0 aliphatic heterocycles. The number of allylic oxidation sites excluding steroid dienone is 3. The molecular formula is C28H40O2. The molecule has 2 N–H and O–H groups in total. The maximum absolute atomic E-state index is 10.6. The van der Waals surface area contributed by atoms with Gasteiger partial charge < -0.3 is 10.2 Å². The Morgan fingerprint density at radius 3 is 1.80 bits per heavy atom. The van der Waals surface area contributed by atoms with E-state index in [4.69, 9.17) is 0 Å². The SMILES string of the molecule is CCCCCCCCC=CCCCCCC=Cc1c(C)c(O)c2ccccc2c1O. The molecule has 2 aromatic rings. The molecule has 0 fully saturated rings. The van der Waals surface area contributed by atoms with Crippen LogP contribution >= 0.6 is 0 Å². The zero-order chi connectivity index (χ0) is 21.6. The number of hydrogen-bond donors (Lipinski definition) is 2. The number of benzene rings is 2. The van der Waals surface area contributed by atoms with Crippen molar-refractivity contribution in [2.24, 2.45) is 0 Å². The van der Waals surface area contributed by atoms with Gasteiger partial charge in [0, 0.05) is 21.9 Å². The Kier molecular flexibility index (Phi) is 11.1. The Balaban J connectivity index is 1.64. The minimum Gasteiger partial charge on any atom is -0.507 e. The van der Waals surface area contributed by atoms with Crippen LogP contribution in [0.3, 0.4) is 0 Å². The van der Waals surface area contributed by atoms with Crippen molar-refractivity contribution in [2.75, 3.05) is 0 Å². The van der Waals surface area contributed by atoms with Crippen LogP contribution in [0.2, 0.25) is 0 Å². The fourth-order valence-corrected chi connectivity index (χ4v) is 3.93. The van der Waals surface area contributed by atoms with Crippen molar-refractivity contribution in [1.29, 1.82) is 0 Å². The van der Waals surface area contributed by atoms with Gasteiger partial charge in [-0.15, -0.1) is 0 Å². The van der Waals surface area contributed by atoms with Crippen LogP contribution in [0.15, 0.2) is 42.5 Å². The van der Waals surface area contributed by atoms with Crippen molar-refractivity contribution in [1.82, 2.24) is 0 Å². The standard InChI is InChI=1S/C28H40O2/c1-3-4-5-6-7-8-9-10-11-12-13-14-15-16-17-20-24-23(2)27(29)25-21-18-19-22-26(25)28(24)30/h10-11,17-22,29-30H,3-9,12-16H2,1-2H3. The maximum atomic E-state index is 10.6. The summed E-state index contributed by atoms with van der Waals surface area (Å²) in [7, 11) is 0. The number of phenols is 2. The summed E-state index contributed by atoms with van der Waals surface area (Å²) in [5.41, 5.74) is 1.46. The fraction of sp³-hybridized carbons (Fsp3) is 0.500. The number of rotatable bonds is 14. The third kappa shape index (κ3) is 7.55. The summed E-state index contributed by atoms with van der Waals surface area (Å²) in [6.45, 7) is 4.13. The molecular weight excluding hydrogens is 368 g/mol. The van der Waals surface area contributed by atoms with Gasteiger partial charge in [0.15, 0.2) is 0 Å². The van der Waals surface area contributed by atoms with Gasteiger partial charge in [0.25, 0.3) is 0 Å². The molecule has 164 valence electrons. The van der Waals surface area contributed by atoms with E-state index in [1.807, 2.05) is 37.3 Å². The smallest absolute Gasteiger partial charge is 0.131 e. The van der Waals surface area contributed by atoms with Gasteiger partial charge in [0.1, 0.15) is 11.5 Å². The molecule has 0 atom stereocenters. The number of fused-ring (bicyclic) bond motifs is 1. The highest BCUT2D eigenvalue weighted by Crippen LogP contribution is 2.39. The second-order valence-corrected chi connectivity index (χ2v) is 8.35. The van der Waals surface area contributed by atoms with E-state index in [9.17, 15) is 10.2 Å². The van der Waals surface area contributed by atoms with E-state index in [1.54, 1.807) is 0 Å². The van der Waals surface area contributed by atoms with Gasteiger partial charge in [-0.3, -0.25) is 0 Å². The summed E-state index contributed by atoms with van der Waals surface area (Å²) >= 11 is 0. The molecule has 2 heteroatoms. The minimum atomic E-state index is 0.257. The molecule has 0 radical (unpaired) electrons. The molecule has 0 bridgehead atoms. The lowest BCUT2D eigenvalue weighted by Gasteiger charge is -2.11. The third-order valence-corrected chi connectivity index (χ3v) is 5.87. The molecule has 0 aliphatic rings. The van der Waals surface area contributed by atoms with E-state index >= 15 is 0 Å². The first-order chi connectivity index (χ1) is 14.7. The van der Waals surface area contributed by atoms with Crippen molar-refractivity contribution < 1.29 is 10.2 Å². The molecule has 0 saturated carbocycles. The van der Waals surface area contributed by atoms with Crippen molar-refractivity contribution in [3.63, 3.8) is 0 Å². The first-order valence-electron chi connectivity index (χ1n) is 11.9. The van der Waals surface area contributed by atoms with Crippen molar-refractivity contribution in [3.05, 3.63) is 53.6 Å². The lowest BCUT2D eigenvalue weighted by atomic mass is 9.98. The Hall–Kier alpha value is -2.22. The number of unbranched alkanes of at least 4 members (excludes halogenated alkanes) is 10. The highest BCUT2D eigenvalue weighted by atomic mass is 16.3. The number of aromatic hydroxyl groups is 2. The van der Waals surface area contributed by atoms with Crippen LogP contribution in [0, 0.1) is 6.92 Å². The predicted octanol–water partition coefficient (Wildman–Crippen LogP) is 8.83. The van der Waals surface area contributed by atoms with Gasteiger partial charge in [-0.05, 0) is 45.4 Å². The van der Waals surface area contributed by atoms with Gasteiger partial charge >= 0.3 is 0 Å². The summed E-state index contributed by atoms with van der Waals surface area (Å²) in [5, 5.41) is 22.4. The molecule has 2 nitrogen and oxygen atoms in total. The summed E-state index contributed by atoms with van der Waals surface area (Å²) in [4.78, 5) is 0. The quantitative estimate of drug-likeness (QED) is 0.186. The molecule has 0 heterocycles. The van der Waals surface area contributed by atoms with Crippen LogP contribution < -0.4 is 0 Å². The third-order valence-electron chi connectivity index (χ3n) is 5.87. The van der Waals surface area contributed by atoms with Gasteiger partial charge in [-0.1, -0.05) is 94.0 Å². The Morgan fingerprint density at radius 1 is 0.667 bits per heavy atom. The number of hydrogen-bond acceptors (Lipinski definition) is 2. The average molecular weight is 409 g/mol. The Morgan fingerprint density at radius 2 is 1.17 bits per heavy atom. The van der Waals surface area contributed by atoms with E-state index in [0.717, 1.165) is 24.0 Å². The van der Waals surface area contributed by atoms with Crippen LogP contribution in [-0.4, -0.2) is 10.2 Å². The van der Waals surface area contributed by atoms with Crippen LogP contribution in [0.5, 0.6) is 11.5 Å². The topological polar surface area (TPSA) is 40.5 Å².